The second-order valence-corrected chi connectivity index (χ2v) is 6.04. The fourth-order valence-electron chi connectivity index (χ4n) is 2.79. The maximum absolute atomic E-state index is 11.6. The minimum absolute atomic E-state index is 0.0305. The van der Waals surface area contributed by atoms with E-state index in [4.69, 9.17) is 10.5 Å². The molecule has 1 aliphatic rings. The summed E-state index contributed by atoms with van der Waals surface area (Å²) in [6, 6.07) is 0. The Morgan fingerprint density at radius 3 is 2.83 bits per heavy atom. The molecule has 1 saturated carbocycles. The molecule has 1 rings (SSSR count). The Morgan fingerprint density at radius 1 is 1.39 bits per heavy atom. The van der Waals surface area contributed by atoms with Crippen LogP contribution in [0.1, 0.15) is 58.8 Å². The van der Waals surface area contributed by atoms with Crippen LogP contribution in [0.25, 0.3) is 0 Å². The summed E-state index contributed by atoms with van der Waals surface area (Å²) in [4.78, 5) is 11.6. The lowest BCUT2D eigenvalue weighted by molar-refractivity contribution is -0.145. The van der Waals surface area contributed by atoms with Crippen LogP contribution >= 0.6 is 0 Å². The molecule has 3 atom stereocenters. The summed E-state index contributed by atoms with van der Waals surface area (Å²) in [6.45, 7) is 5.77. The zero-order chi connectivity index (χ0) is 13.4. The molecule has 0 radical (unpaired) electrons. The maximum Gasteiger partial charge on any atom is 0.305 e. The van der Waals surface area contributed by atoms with Crippen LogP contribution in [0.2, 0.25) is 0 Å². The third kappa shape index (κ3) is 6.39. The average molecular weight is 255 g/mol. The SMILES string of the molecule is CC(CCN)CCC(=O)OCC1CCCC(C)C1. The van der Waals surface area contributed by atoms with Gasteiger partial charge in [0, 0.05) is 6.42 Å². The van der Waals surface area contributed by atoms with Crippen LogP contribution in [0.5, 0.6) is 0 Å². The van der Waals surface area contributed by atoms with Crippen LogP contribution in [0, 0.1) is 17.8 Å². The van der Waals surface area contributed by atoms with Crippen molar-refractivity contribution in [1.29, 1.82) is 0 Å². The van der Waals surface area contributed by atoms with Crippen LogP contribution in [-0.2, 0) is 9.53 Å². The van der Waals surface area contributed by atoms with Gasteiger partial charge in [0.2, 0.25) is 0 Å². The fourth-order valence-corrected chi connectivity index (χ4v) is 2.79. The van der Waals surface area contributed by atoms with Crippen molar-refractivity contribution in [2.75, 3.05) is 13.2 Å². The first-order valence-corrected chi connectivity index (χ1v) is 7.47. The third-order valence-corrected chi connectivity index (χ3v) is 4.03. The molecule has 0 aromatic rings. The molecule has 2 N–H and O–H groups in total. The molecule has 3 unspecified atom stereocenters. The van der Waals surface area contributed by atoms with Crippen molar-refractivity contribution < 1.29 is 9.53 Å². The van der Waals surface area contributed by atoms with Gasteiger partial charge in [0.15, 0.2) is 0 Å². The fraction of sp³-hybridized carbons (Fsp3) is 0.933. The van der Waals surface area contributed by atoms with E-state index in [1.54, 1.807) is 0 Å². The van der Waals surface area contributed by atoms with Gasteiger partial charge in [-0.05, 0) is 50.0 Å². The van der Waals surface area contributed by atoms with E-state index in [-0.39, 0.29) is 5.97 Å². The van der Waals surface area contributed by atoms with E-state index >= 15 is 0 Å². The summed E-state index contributed by atoms with van der Waals surface area (Å²) in [5.41, 5.74) is 5.49. The third-order valence-electron chi connectivity index (χ3n) is 4.03. The molecule has 0 heterocycles. The predicted molar refractivity (Wildman–Crippen MR) is 74.2 cm³/mol. The number of esters is 1. The van der Waals surface area contributed by atoms with E-state index in [9.17, 15) is 4.79 Å². The molecule has 0 bridgehead atoms. The van der Waals surface area contributed by atoms with Gasteiger partial charge in [-0.1, -0.05) is 26.7 Å². The highest BCUT2D eigenvalue weighted by atomic mass is 16.5. The molecular formula is C15H29NO2. The number of ether oxygens (including phenoxy) is 1. The Kier molecular flexibility index (Phi) is 7.33. The molecule has 0 aromatic carbocycles. The quantitative estimate of drug-likeness (QED) is 0.711. The van der Waals surface area contributed by atoms with Crippen molar-refractivity contribution in [2.24, 2.45) is 23.5 Å². The summed E-state index contributed by atoms with van der Waals surface area (Å²) >= 11 is 0. The Morgan fingerprint density at radius 2 is 2.17 bits per heavy atom. The minimum atomic E-state index is -0.0305. The second-order valence-electron chi connectivity index (χ2n) is 6.04. The molecule has 0 saturated heterocycles. The number of carbonyl (C=O) groups is 1. The number of carbonyl (C=O) groups excluding carboxylic acids is 1. The van der Waals surface area contributed by atoms with Gasteiger partial charge in [-0.3, -0.25) is 4.79 Å². The predicted octanol–water partition coefficient (Wildman–Crippen LogP) is 3.12. The normalized spacial score (nSPS) is 25.7. The molecule has 0 aromatic heterocycles. The second kappa shape index (κ2) is 8.52. The molecule has 3 nitrogen and oxygen atoms in total. The van der Waals surface area contributed by atoms with Gasteiger partial charge in [0.05, 0.1) is 6.61 Å². The first-order valence-electron chi connectivity index (χ1n) is 7.47. The number of nitrogens with two attached hydrogens (primary N) is 1. The number of hydrogen-bond acceptors (Lipinski definition) is 3. The molecule has 3 heteroatoms. The van der Waals surface area contributed by atoms with E-state index in [0.29, 0.717) is 31.4 Å². The van der Waals surface area contributed by atoms with Gasteiger partial charge in [-0.15, -0.1) is 0 Å². The molecule has 1 fully saturated rings. The van der Waals surface area contributed by atoms with E-state index in [2.05, 4.69) is 13.8 Å². The summed E-state index contributed by atoms with van der Waals surface area (Å²) < 4.78 is 5.39. The van der Waals surface area contributed by atoms with Gasteiger partial charge in [-0.25, -0.2) is 0 Å². The lowest BCUT2D eigenvalue weighted by atomic mass is 9.83. The van der Waals surface area contributed by atoms with Crippen LogP contribution < -0.4 is 5.73 Å². The molecule has 0 amide bonds. The smallest absolute Gasteiger partial charge is 0.305 e. The Balaban J connectivity index is 2.09. The Labute approximate surface area is 111 Å². The maximum atomic E-state index is 11.6. The lowest BCUT2D eigenvalue weighted by Crippen LogP contribution is -2.20. The van der Waals surface area contributed by atoms with Crippen molar-refractivity contribution in [3.63, 3.8) is 0 Å². The minimum Gasteiger partial charge on any atom is -0.465 e. The first kappa shape index (κ1) is 15.5. The zero-order valence-corrected chi connectivity index (χ0v) is 12.0. The Hall–Kier alpha value is -0.570. The van der Waals surface area contributed by atoms with Gasteiger partial charge in [0.1, 0.15) is 0 Å². The lowest BCUT2D eigenvalue weighted by Gasteiger charge is -2.26. The summed E-state index contributed by atoms with van der Waals surface area (Å²) in [6.07, 6.45) is 7.50. The van der Waals surface area contributed by atoms with E-state index in [1.807, 2.05) is 0 Å². The van der Waals surface area contributed by atoms with Crippen LogP contribution in [-0.4, -0.2) is 19.1 Å². The highest BCUT2D eigenvalue weighted by Crippen LogP contribution is 2.28. The largest absolute Gasteiger partial charge is 0.465 e. The Bertz CT molecular complexity index is 243. The van der Waals surface area contributed by atoms with E-state index in [0.717, 1.165) is 18.8 Å². The van der Waals surface area contributed by atoms with E-state index in [1.165, 1.54) is 25.7 Å². The molecule has 18 heavy (non-hydrogen) atoms. The van der Waals surface area contributed by atoms with Gasteiger partial charge in [0.25, 0.3) is 0 Å². The summed E-state index contributed by atoms with van der Waals surface area (Å²) in [7, 11) is 0. The number of rotatable bonds is 7. The average Bonchev–Trinajstić information content (AvgIpc) is 2.34. The molecule has 0 spiro atoms. The first-order chi connectivity index (χ1) is 8.61. The van der Waals surface area contributed by atoms with Crippen LogP contribution in [0.4, 0.5) is 0 Å². The summed E-state index contributed by atoms with van der Waals surface area (Å²) in [5.74, 6) is 1.89. The van der Waals surface area contributed by atoms with E-state index < -0.39 is 0 Å². The van der Waals surface area contributed by atoms with Crippen molar-refractivity contribution in [3.8, 4) is 0 Å². The van der Waals surface area contributed by atoms with Crippen LogP contribution in [0.15, 0.2) is 0 Å². The zero-order valence-electron chi connectivity index (χ0n) is 12.0. The molecular weight excluding hydrogens is 226 g/mol. The van der Waals surface area contributed by atoms with Gasteiger partial charge < -0.3 is 10.5 Å². The summed E-state index contributed by atoms with van der Waals surface area (Å²) in [5, 5.41) is 0. The topological polar surface area (TPSA) is 52.3 Å². The number of hydrogen-bond donors (Lipinski definition) is 1. The monoisotopic (exact) mass is 255 g/mol. The van der Waals surface area contributed by atoms with Crippen molar-refractivity contribution >= 4 is 5.97 Å². The van der Waals surface area contributed by atoms with Crippen molar-refractivity contribution in [3.05, 3.63) is 0 Å². The standard InChI is InChI=1S/C15H29NO2/c1-12(8-9-16)6-7-15(17)18-11-14-5-3-4-13(2)10-14/h12-14H,3-11,16H2,1-2H3. The van der Waals surface area contributed by atoms with Gasteiger partial charge in [-0.2, -0.15) is 0 Å². The highest BCUT2D eigenvalue weighted by Gasteiger charge is 2.20. The highest BCUT2D eigenvalue weighted by molar-refractivity contribution is 5.69. The molecule has 1 aliphatic carbocycles. The van der Waals surface area contributed by atoms with Gasteiger partial charge >= 0.3 is 5.97 Å². The van der Waals surface area contributed by atoms with Crippen molar-refractivity contribution in [2.45, 2.75) is 58.8 Å². The van der Waals surface area contributed by atoms with Crippen LogP contribution in [0.3, 0.4) is 0 Å². The molecule has 106 valence electrons. The molecule has 0 aliphatic heterocycles. The van der Waals surface area contributed by atoms with Crippen molar-refractivity contribution in [1.82, 2.24) is 0 Å².